The lowest BCUT2D eigenvalue weighted by atomic mass is 10.0. The van der Waals surface area contributed by atoms with E-state index in [1.54, 1.807) is 0 Å². The maximum atomic E-state index is 11.9. The van der Waals surface area contributed by atoms with Gasteiger partial charge in [0.2, 0.25) is 5.91 Å². The number of nitrogens with two attached hydrogens (primary N) is 1. The first-order valence-corrected chi connectivity index (χ1v) is 8.48. The number of halogens is 2. The lowest BCUT2D eigenvalue weighted by Crippen LogP contribution is -2.39. The third-order valence-electron chi connectivity index (χ3n) is 4.52. The van der Waals surface area contributed by atoms with Gasteiger partial charge in [-0.1, -0.05) is 36.8 Å². The summed E-state index contributed by atoms with van der Waals surface area (Å²) < 4.78 is 0. The summed E-state index contributed by atoms with van der Waals surface area (Å²) in [5, 5.41) is 2.99. The molecular formula is C18H31Cl2N3O. The zero-order valence-electron chi connectivity index (χ0n) is 14.4. The Bertz CT molecular complexity index is 459. The van der Waals surface area contributed by atoms with E-state index in [9.17, 15) is 4.79 Å². The van der Waals surface area contributed by atoms with Crippen molar-refractivity contribution in [1.29, 1.82) is 0 Å². The van der Waals surface area contributed by atoms with Crippen molar-refractivity contribution in [2.75, 3.05) is 19.6 Å². The van der Waals surface area contributed by atoms with Gasteiger partial charge < -0.3 is 16.0 Å². The van der Waals surface area contributed by atoms with Crippen molar-refractivity contribution in [3.63, 3.8) is 0 Å². The Morgan fingerprint density at radius 1 is 1.29 bits per heavy atom. The van der Waals surface area contributed by atoms with Crippen LogP contribution in [0.3, 0.4) is 0 Å². The predicted octanol–water partition coefficient (Wildman–Crippen LogP) is 3.30. The molecular weight excluding hydrogens is 345 g/mol. The summed E-state index contributed by atoms with van der Waals surface area (Å²) in [4.78, 5) is 14.5. The topological polar surface area (TPSA) is 58.4 Å². The first-order chi connectivity index (χ1) is 10.7. The second-order valence-corrected chi connectivity index (χ2v) is 6.31. The van der Waals surface area contributed by atoms with Crippen LogP contribution in [0, 0.1) is 0 Å². The minimum atomic E-state index is -0.219. The van der Waals surface area contributed by atoms with Crippen LogP contribution in [0.2, 0.25) is 0 Å². The van der Waals surface area contributed by atoms with Crippen LogP contribution in [0.15, 0.2) is 30.3 Å². The van der Waals surface area contributed by atoms with Crippen LogP contribution in [-0.2, 0) is 4.79 Å². The molecule has 0 aliphatic carbocycles. The molecule has 1 amide bonds. The molecule has 1 aromatic carbocycles. The van der Waals surface area contributed by atoms with E-state index in [1.165, 1.54) is 25.8 Å². The number of hydrogen-bond donors (Lipinski definition) is 2. The number of carbonyl (C=O) groups excluding carboxylic acids is 1. The normalized spacial score (nSPS) is 18.8. The van der Waals surface area contributed by atoms with Gasteiger partial charge in [0, 0.05) is 31.6 Å². The highest BCUT2D eigenvalue weighted by Gasteiger charge is 2.17. The van der Waals surface area contributed by atoms with E-state index in [4.69, 9.17) is 5.73 Å². The highest BCUT2D eigenvalue weighted by Crippen LogP contribution is 2.16. The molecule has 1 aromatic rings. The smallest absolute Gasteiger partial charge is 0.221 e. The molecule has 0 aromatic heterocycles. The Hall–Kier alpha value is -0.810. The monoisotopic (exact) mass is 375 g/mol. The molecule has 1 fully saturated rings. The molecule has 2 rings (SSSR count). The number of amides is 1. The molecule has 0 bridgehead atoms. The van der Waals surface area contributed by atoms with E-state index < -0.39 is 0 Å². The van der Waals surface area contributed by atoms with Gasteiger partial charge in [0.1, 0.15) is 0 Å². The SMILES string of the molecule is CC1CCCCN1CCCNC(=O)CC(N)c1ccccc1.Cl.Cl. The van der Waals surface area contributed by atoms with Crippen LogP contribution in [0.1, 0.15) is 50.6 Å². The standard InChI is InChI=1S/C18H29N3O.2ClH/c1-15-8-5-6-12-21(15)13-7-11-20-18(22)14-17(19)16-9-3-2-4-10-16;;/h2-4,9-10,15,17H,5-8,11-14,19H2,1H3,(H,20,22);2*1H. The second kappa shape index (κ2) is 12.5. The van der Waals surface area contributed by atoms with Crippen LogP contribution in [0.4, 0.5) is 0 Å². The fourth-order valence-corrected chi connectivity index (χ4v) is 3.09. The third-order valence-corrected chi connectivity index (χ3v) is 4.52. The molecule has 2 unspecified atom stereocenters. The zero-order valence-corrected chi connectivity index (χ0v) is 16.1. The number of carbonyl (C=O) groups is 1. The molecule has 6 heteroatoms. The predicted molar refractivity (Wildman–Crippen MR) is 105 cm³/mol. The number of nitrogens with zero attached hydrogens (tertiary/aromatic N) is 1. The van der Waals surface area contributed by atoms with Gasteiger partial charge in [-0.05, 0) is 38.3 Å². The van der Waals surface area contributed by atoms with Gasteiger partial charge in [-0.15, -0.1) is 24.8 Å². The summed E-state index contributed by atoms with van der Waals surface area (Å²) in [6.45, 7) is 5.32. The van der Waals surface area contributed by atoms with Gasteiger partial charge in [0.25, 0.3) is 0 Å². The summed E-state index contributed by atoms with van der Waals surface area (Å²) in [6, 6.07) is 10.3. The van der Waals surface area contributed by atoms with Gasteiger partial charge in [-0.3, -0.25) is 4.79 Å². The fraction of sp³-hybridized carbons (Fsp3) is 0.611. The maximum Gasteiger partial charge on any atom is 0.221 e. The van der Waals surface area contributed by atoms with Gasteiger partial charge in [0.05, 0.1) is 0 Å². The molecule has 1 heterocycles. The lowest BCUT2D eigenvalue weighted by Gasteiger charge is -2.33. The molecule has 138 valence electrons. The van der Waals surface area contributed by atoms with E-state index in [0.717, 1.165) is 25.1 Å². The van der Waals surface area contributed by atoms with Crippen LogP contribution in [0.5, 0.6) is 0 Å². The largest absolute Gasteiger partial charge is 0.356 e. The Kier molecular flexibility index (Phi) is 12.1. The third kappa shape index (κ3) is 7.84. The molecule has 3 N–H and O–H groups in total. The Balaban J connectivity index is 0.00000264. The van der Waals surface area contributed by atoms with Crippen molar-refractivity contribution in [2.45, 2.75) is 51.1 Å². The summed E-state index contributed by atoms with van der Waals surface area (Å²) >= 11 is 0. The van der Waals surface area contributed by atoms with Crippen molar-refractivity contribution < 1.29 is 4.79 Å². The molecule has 2 atom stereocenters. The van der Waals surface area contributed by atoms with E-state index in [-0.39, 0.29) is 36.8 Å². The Labute approximate surface area is 158 Å². The van der Waals surface area contributed by atoms with Gasteiger partial charge in [0.15, 0.2) is 0 Å². The average molecular weight is 376 g/mol. The van der Waals surface area contributed by atoms with E-state index in [1.807, 2.05) is 30.3 Å². The van der Waals surface area contributed by atoms with Crippen molar-refractivity contribution in [1.82, 2.24) is 10.2 Å². The van der Waals surface area contributed by atoms with Crippen LogP contribution in [0.25, 0.3) is 0 Å². The number of nitrogens with one attached hydrogen (secondary N) is 1. The van der Waals surface area contributed by atoms with Gasteiger partial charge >= 0.3 is 0 Å². The maximum absolute atomic E-state index is 11.9. The van der Waals surface area contributed by atoms with Crippen LogP contribution in [-0.4, -0.2) is 36.5 Å². The lowest BCUT2D eigenvalue weighted by molar-refractivity contribution is -0.121. The Morgan fingerprint density at radius 2 is 2.00 bits per heavy atom. The summed E-state index contributed by atoms with van der Waals surface area (Å²) in [6.07, 6.45) is 5.33. The molecule has 1 aliphatic rings. The van der Waals surface area contributed by atoms with Crippen molar-refractivity contribution in [3.05, 3.63) is 35.9 Å². The highest BCUT2D eigenvalue weighted by molar-refractivity contribution is 5.85. The highest BCUT2D eigenvalue weighted by atomic mass is 35.5. The van der Waals surface area contributed by atoms with Gasteiger partial charge in [-0.2, -0.15) is 0 Å². The first kappa shape index (κ1) is 23.2. The number of benzene rings is 1. The molecule has 0 saturated carbocycles. The van der Waals surface area contributed by atoms with Crippen molar-refractivity contribution in [2.24, 2.45) is 5.73 Å². The summed E-state index contributed by atoms with van der Waals surface area (Å²) in [5.74, 6) is 0.0445. The van der Waals surface area contributed by atoms with Crippen molar-refractivity contribution in [3.8, 4) is 0 Å². The second-order valence-electron chi connectivity index (χ2n) is 6.31. The molecule has 24 heavy (non-hydrogen) atoms. The van der Waals surface area contributed by atoms with Crippen LogP contribution < -0.4 is 11.1 Å². The molecule has 1 aliphatic heterocycles. The summed E-state index contributed by atoms with van der Waals surface area (Å²) in [5.41, 5.74) is 7.08. The van der Waals surface area contributed by atoms with E-state index in [2.05, 4.69) is 17.1 Å². The molecule has 1 saturated heterocycles. The number of rotatable bonds is 7. The first-order valence-electron chi connectivity index (χ1n) is 8.48. The van der Waals surface area contributed by atoms with Gasteiger partial charge in [-0.25, -0.2) is 0 Å². The number of hydrogen-bond acceptors (Lipinski definition) is 3. The van der Waals surface area contributed by atoms with Crippen molar-refractivity contribution >= 4 is 30.7 Å². The zero-order chi connectivity index (χ0) is 15.8. The quantitative estimate of drug-likeness (QED) is 0.718. The minimum Gasteiger partial charge on any atom is -0.356 e. The van der Waals surface area contributed by atoms with E-state index in [0.29, 0.717) is 12.5 Å². The molecule has 0 radical (unpaired) electrons. The molecule has 4 nitrogen and oxygen atoms in total. The number of likely N-dealkylation sites (tertiary alicyclic amines) is 1. The van der Waals surface area contributed by atoms with E-state index >= 15 is 0 Å². The molecule has 0 spiro atoms. The van der Waals surface area contributed by atoms with Crippen LogP contribution >= 0.6 is 24.8 Å². The Morgan fingerprint density at radius 3 is 2.67 bits per heavy atom. The fourth-order valence-electron chi connectivity index (χ4n) is 3.09. The summed E-state index contributed by atoms with van der Waals surface area (Å²) in [7, 11) is 0. The average Bonchev–Trinajstić information content (AvgIpc) is 2.54. The number of piperidine rings is 1. The minimum absolute atomic E-state index is 0.